The van der Waals surface area contributed by atoms with Crippen LogP contribution in [0.15, 0.2) is 24.3 Å². The van der Waals surface area contributed by atoms with Crippen LogP contribution in [0.4, 0.5) is 0 Å². The first-order valence-corrected chi connectivity index (χ1v) is 9.80. The molecule has 1 unspecified atom stereocenters. The van der Waals surface area contributed by atoms with Crippen LogP contribution in [0.2, 0.25) is 0 Å². The maximum absolute atomic E-state index is 12.1. The van der Waals surface area contributed by atoms with Gasteiger partial charge in [0.2, 0.25) is 5.91 Å². The molecule has 0 fully saturated rings. The Hall–Kier alpha value is -2.09. The SMILES string of the molecule is CCOc1ccc(CC(CNC(=O)C(C)(C)S(C)(=O)=O)C(=O)O)cc1. The van der Waals surface area contributed by atoms with Crippen molar-refractivity contribution in [2.75, 3.05) is 19.4 Å². The van der Waals surface area contributed by atoms with Gasteiger partial charge in [0, 0.05) is 12.8 Å². The second-order valence-corrected chi connectivity index (χ2v) is 8.87. The van der Waals surface area contributed by atoms with Crippen LogP contribution in [0.3, 0.4) is 0 Å². The summed E-state index contributed by atoms with van der Waals surface area (Å²) in [5.41, 5.74) is 0.785. The summed E-state index contributed by atoms with van der Waals surface area (Å²) in [7, 11) is -3.61. The zero-order valence-corrected chi connectivity index (χ0v) is 15.7. The fourth-order valence-corrected chi connectivity index (χ4v) is 2.43. The summed E-state index contributed by atoms with van der Waals surface area (Å²) in [4.78, 5) is 23.5. The van der Waals surface area contributed by atoms with Gasteiger partial charge in [0.1, 0.15) is 10.5 Å². The molecule has 0 aliphatic heterocycles. The second-order valence-electron chi connectivity index (χ2n) is 6.31. The Morgan fingerprint density at radius 3 is 2.24 bits per heavy atom. The van der Waals surface area contributed by atoms with Gasteiger partial charge in [-0.3, -0.25) is 9.59 Å². The van der Waals surface area contributed by atoms with E-state index in [2.05, 4.69) is 5.32 Å². The molecule has 0 aliphatic carbocycles. The average molecular weight is 371 g/mol. The lowest BCUT2D eigenvalue weighted by Crippen LogP contribution is -2.49. The largest absolute Gasteiger partial charge is 0.494 e. The molecule has 0 spiro atoms. The third-order valence-corrected chi connectivity index (χ3v) is 6.09. The summed E-state index contributed by atoms with van der Waals surface area (Å²) in [6, 6.07) is 7.04. The predicted molar refractivity (Wildman–Crippen MR) is 94.4 cm³/mol. The number of carbonyl (C=O) groups is 2. The summed E-state index contributed by atoms with van der Waals surface area (Å²) in [5.74, 6) is -1.95. The highest BCUT2D eigenvalue weighted by Gasteiger charge is 2.38. The Kier molecular flexibility index (Phi) is 6.98. The molecule has 0 saturated heterocycles. The molecule has 0 radical (unpaired) electrons. The van der Waals surface area contributed by atoms with Crippen molar-refractivity contribution in [1.82, 2.24) is 5.32 Å². The van der Waals surface area contributed by atoms with Crippen LogP contribution in [0, 0.1) is 5.92 Å². The number of amides is 1. The van der Waals surface area contributed by atoms with E-state index in [4.69, 9.17) is 4.74 Å². The normalized spacial score (nSPS) is 13.1. The maximum Gasteiger partial charge on any atom is 0.308 e. The minimum absolute atomic E-state index is 0.152. The quantitative estimate of drug-likeness (QED) is 0.676. The van der Waals surface area contributed by atoms with Gasteiger partial charge < -0.3 is 15.2 Å². The Labute approximate surface area is 148 Å². The molecule has 2 N–H and O–H groups in total. The van der Waals surface area contributed by atoms with Crippen LogP contribution in [-0.4, -0.2) is 49.6 Å². The lowest BCUT2D eigenvalue weighted by Gasteiger charge is -2.23. The number of sulfone groups is 1. The van der Waals surface area contributed by atoms with Crippen LogP contribution < -0.4 is 10.1 Å². The molecule has 8 heteroatoms. The average Bonchev–Trinajstić information content (AvgIpc) is 2.51. The Balaban J connectivity index is 2.75. The van der Waals surface area contributed by atoms with Crippen molar-refractivity contribution in [3.05, 3.63) is 29.8 Å². The number of hydrogen-bond acceptors (Lipinski definition) is 5. The number of nitrogens with one attached hydrogen (secondary N) is 1. The highest BCUT2D eigenvalue weighted by molar-refractivity contribution is 7.92. The van der Waals surface area contributed by atoms with Gasteiger partial charge in [0.25, 0.3) is 0 Å². The summed E-state index contributed by atoms with van der Waals surface area (Å²) >= 11 is 0. The van der Waals surface area contributed by atoms with Gasteiger partial charge in [-0.15, -0.1) is 0 Å². The predicted octanol–water partition coefficient (Wildman–Crippen LogP) is 1.27. The highest BCUT2D eigenvalue weighted by atomic mass is 32.2. The minimum Gasteiger partial charge on any atom is -0.494 e. The van der Waals surface area contributed by atoms with Crippen LogP contribution in [0.5, 0.6) is 5.75 Å². The van der Waals surface area contributed by atoms with Gasteiger partial charge in [-0.05, 0) is 44.9 Å². The van der Waals surface area contributed by atoms with Gasteiger partial charge in [0.15, 0.2) is 9.84 Å². The van der Waals surface area contributed by atoms with E-state index in [0.29, 0.717) is 12.4 Å². The highest BCUT2D eigenvalue weighted by Crippen LogP contribution is 2.17. The minimum atomic E-state index is -3.61. The van der Waals surface area contributed by atoms with Crippen molar-refractivity contribution < 1.29 is 27.9 Å². The number of hydrogen-bond donors (Lipinski definition) is 2. The fourth-order valence-electron chi connectivity index (χ4n) is 2.02. The Morgan fingerprint density at radius 2 is 1.80 bits per heavy atom. The molecule has 25 heavy (non-hydrogen) atoms. The standard InChI is InChI=1S/C17H25NO6S/c1-5-24-14-8-6-12(7-9-14)10-13(15(19)20)11-18-16(21)17(2,3)25(4,22)23/h6-9,13H,5,10-11H2,1-4H3,(H,18,21)(H,19,20). The summed E-state index contributed by atoms with van der Waals surface area (Å²) in [6.45, 7) is 4.84. The molecule has 1 atom stereocenters. The summed E-state index contributed by atoms with van der Waals surface area (Å²) in [6.07, 6.45) is 1.18. The molecule has 1 aromatic rings. The van der Waals surface area contributed by atoms with E-state index < -0.39 is 32.4 Å². The van der Waals surface area contributed by atoms with Crippen molar-refractivity contribution in [1.29, 1.82) is 0 Å². The number of aliphatic carboxylic acids is 1. The maximum atomic E-state index is 12.1. The van der Waals surface area contributed by atoms with Crippen molar-refractivity contribution in [2.45, 2.75) is 31.9 Å². The number of benzene rings is 1. The Morgan fingerprint density at radius 1 is 1.24 bits per heavy atom. The first-order valence-electron chi connectivity index (χ1n) is 7.91. The van der Waals surface area contributed by atoms with Crippen molar-refractivity contribution >= 4 is 21.7 Å². The zero-order valence-electron chi connectivity index (χ0n) is 14.9. The zero-order chi connectivity index (χ0) is 19.3. The van der Waals surface area contributed by atoms with Crippen LogP contribution in [0.25, 0.3) is 0 Å². The number of rotatable bonds is 9. The molecule has 0 aliphatic rings. The number of carboxylic acid groups (broad SMARTS) is 1. The summed E-state index contributed by atoms with van der Waals surface area (Å²) in [5, 5.41) is 11.8. The van der Waals surface area contributed by atoms with Crippen molar-refractivity contribution in [2.24, 2.45) is 5.92 Å². The molecule has 1 aromatic carbocycles. The first-order chi connectivity index (χ1) is 11.5. The van der Waals surface area contributed by atoms with E-state index in [0.717, 1.165) is 11.8 Å². The lowest BCUT2D eigenvalue weighted by atomic mass is 9.99. The van der Waals surface area contributed by atoms with E-state index in [1.807, 2.05) is 6.92 Å². The molecule has 0 heterocycles. The third-order valence-electron chi connectivity index (χ3n) is 4.05. The molecule has 0 bridgehead atoms. The number of carboxylic acids is 1. The van der Waals surface area contributed by atoms with E-state index in [1.54, 1.807) is 24.3 Å². The van der Waals surface area contributed by atoms with Crippen LogP contribution in [-0.2, 0) is 25.8 Å². The van der Waals surface area contributed by atoms with Gasteiger partial charge in [-0.2, -0.15) is 0 Å². The monoisotopic (exact) mass is 371 g/mol. The van der Waals surface area contributed by atoms with E-state index in [1.165, 1.54) is 13.8 Å². The molecule has 7 nitrogen and oxygen atoms in total. The molecule has 1 amide bonds. The lowest BCUT2D eigenvalue weighted by molar-refractivity contribution is -0.141. The number of carbonyl (C=O) groups excluding carboxylic acids is 1. The molecular weight excluding hydrogens is 346 g/mol. The van der Waals surface area contributed by atoms with Crippen molar-refractivity contribution in [3.8, 4) is 5.75 Å². The van der Waals surface area contributed by atoms with Crippen LogP contribution in [0.1, 0.15) is 26.3 Å². The van der Waals surface area contributed by atoms with Gasteiger partial charge >= 0.3 is 5.97 Å². The number of ether oxygens (including phenoxy) is 1. The topological polar surface area (TPSA) is 110 Å². The van der Waals surface area contributed by atoms with E-state index >= 15 is 0 Å². The molecular formula is C17H25NO6S. The van der Waals surface area contributed by atoms with Gasteiger partial charge in [0.05, 0.1) is 12.5 Å². The smallest absolute Gasteiger partial charge is 0.308 e. The molecule has 0 saturated carbocycles. The fraction of sp³-hybridized carbons (Fsp3) is 0.529. The molecule has 140 valence electrons. The van der Waals surface area contributed by atoms with Crippen molar-refractivity contribution in [3.63, 3.8) is 0 Å². The second kappa shape index (κ2) is 8.33. The third kappa shape index (κ3) is 5.74. The van der Waals surface area contributed by atoms with E-state index in [9.17, 15) is 23.1 Å². The first kappa shape index (κ1) is 21.0. The van der Waals surface area contributed by atoms with Gasteiger partial charge in [-0.25, -0.2) is 8.42 Å². The van der Waals surface area contributed by atoms with Crippen LogP contribution >= 0.6 is 0 Å². The van der Waals surface area contributed by atoms with E-state index in [-0.39, 0.29) is 13.0 Å². The molecule has 1 rings (SSSR count). The molecule has 0 aromatic heterocycles. The van der Waals surface area contributed by atoms with Gasteiger partial charge in [-0.1, -0.05) is 12.1 Å². The summed E-state index contributed by atoms with van der Waals surface area (Å²) < 4.78 is 27.0. The Bertz CT molecular complexity index is 709.